The summed E-state index contributed by atoms with van der Waals surface area (Å²) in [6.45, 7) is 2.26. The van der Waals surface area contributed by atoms with Gasteiger partial charge in [-0.15, -0.1) is 0 Å². The largest absolute Gasteiger partial charge is 0.477 e. The molecule has 2 N–H and O–H groups in total. The number of aromatic carboxylic acids is 1. The van der Waals surface area contributed by atoms with Gasteiger partial charge in [0.15, 0.2) is 5.82 Å². The van der Waals surface area contributed by atoms with E-state index in [4.69, 9.17) is 9.84 Å². The Morgan fingerprint density at radius 2 is 2.06 bits per heavy atom. The van der Waals surface area contributed by atoms with E-state index >= 15 is 0 Å². The van der Waals surface area contributed by atoms with E-state index < -0.39 is 5.97 Å². The van der Waals surface area contributed by atoms with Gasteiger partial charge in [-0.2, -0.15) is 0 Å². The van der Waals surface area contributed by atoms with Crippen molar-refractivity contribution >= 4 is 22.9 Å². The van der Waals surface area contributed by atoms with E-state index in [1.807, 2.05) is 35.2 Å². The molecule has 1 aliphatic rings. The first-order valence-corrected chi connectivity index (χ1v) is 10.6. The predicted molar refractivity (Wildman–Crippen MR) is 120 cm³/mol. The Kier molecular flexibility index (Phi) is 5.21. The molecule has 9 heteroatoms. The van der Waals surface area contributed by atoms with E-state index in [-0.39, 0.29) is 17.6 Å². The minimum atomic E-state index is -1.11. The number of fused-ring (bicyclic) bond motifs is 1. The van der Waals surface area contributed by atoms with Crippen LogP contribution in [0.2, 0.25) is 0 Å². The number of amides is 1. The molecule has 4 heterocycles. The lowest BCUT2D eigenvalue weighted by atomic mass is 10.0. The Hall–Kier alpha value is -4.27. The number of rotatable bonds is 5. The van der Waals surface area contributed by atoms with Crippen molar-refractivity contribution in [2.45, 2.75) is 25.8 Å². The molecule has 0 bridgehead atoms. The summed E-state index contributed by atoms with van der Waals surface area (Å²) >= 11 is 0. The number of H-pyrrole nitrogens is 1. The van der Waals surface area contributed by atoms with Gasteiger partial charge in [-0.05, 0) is 43.2 Å². The number of benzene rings is 1. The number of nitrogens with zero attached hydrogens (tertiary/aromatic N) is 4. The molecule has 0 saturated carbocycles. The molecule has 1 aromatic carbocycles. The fourth-order valence-corrected chi connectivity index (χ4v) is 4.19. The SMILES string of the molecule is CC(=O)N1CCCC1c1cc2[nH]c(-c3ccccn3)nc2cc1Oc1ccc(C(=O)O)nc1. The van der Waals surface area contributed by atoms with Crippen LogP contribution in [0.15, 0.2) is 54.9 Å². The Labute approximate surface area is 189 Å². The van der Waals surface area contributed by atoms with Gasteiger partial charge in [0, 0.05) is 31.3 Å². The molecule has 1 unspecified atom stereocenters. The number of ether oxygens (including phenoxy) is 1. The van der Waals surface area contributed by atoms with Gasteiger partial charge >= 0.3 is 5.97 Å². The molecule has 1 aliphatic heterocycles. The van der Waals surface area contributed by atoms with Crippen molar-refractivity contribution in [3.8, 4) is 23.0 Å². The van der Waals surface area contributed by atoms with Crippen LogP contribution < -0.4 is 4.74 Å². The molecule has 3 aromatic heterocycles. The summed E-state index contributed by atoms with van der Waals surface area (Å²) in [6.07, 6.45) is 4.80. The minimum absolute atomic E-state index is 0.00908. The van der Waals surface area contributed by atoms with Crippen LogP contribution in [0.5, 0.6) is 11.5 Å². The Morgan fingerprint density at radius 1 is 1.18 bits per heavy atom. The maximum absolute atomic E-state index is 12.2. The quantitative estimate of drug-likeness (QED) is 0.474. The zero-order chi connectivity index (χ0) is 22.9. The van der Waals surface area contributed by atoms with Gasteiger partial charge in [0.05, 0.1) is 23.3 Å². The number of carbonyl (C=O) groups is 2. The number of hydrogen-bond acceptors (Lipinski definition) is 6. The average molecular weight is 443 g/mol. The van der Waals surface area contributed by atoms with Crippen molar-refractivity contribution in [3.63, 3.8) is 0 Å². The van der Waals surface area contributed by atoms with Gasteiger partial charge in [0.25, 0.3) is 0 Å². The fraction of sp³-hybridized carbons (Fsp3) is 0.208. The molecule has 1 atom stereocenters. The highest BCUT2D eigenvalue weighted by atomic mass is 16.5. The monoisotopic (exact) mass is 443 g/mol. The van der Waals surface area contributed by atoms with Crippen molar-refractivity contribution in [3.05, 3.63) is 66.1 Å². The summed E-state index contributed by atoms with van der Waals surface area (Å²) in [5.74, 6) is 0.481. The fourth-order valence-electron chi connectivity index (χ4n) is 4.19. The normalized spacial score (nSPS) is 15.7. The minimum Gasteiger partial charge on any atom is -0.477 e. The maximum Gasteiger partial charge on any atom is 0.354 e. The van der Waals surface area contributed by atoms with Gasteiger partial charge in [-0.1, -0.05) is 6.07 Å². The first-order chi connectivity index (χ1) is 16.0. The first-order valence-electron chi connectivity index (χ1n) is 10.6. The van der Waals surface area contributed by atoms with Crippen LogP contribution in [0, 0.1) is 0 Å². The zero-order valence-electron chi connectivity index (χ0n) is 17.9. The molecule has 4 aromatic rings. The second-order valence-electron chi connectivity index (χ2n) is 7.86. The number of aromatic nitrogens is 4. The van der Waals surface area contributed by atoms with E-state index in [0.29, 0.717) is 29.4 Å². The van der Waals surface area contributed by atoms with Crippen molar-refractivity contribution < 1.29 is 19.4 Å². The highest BCUT2D eigenvalue weighted by Gasteiger charge is 2.31. The smallest absolute Gasteiger partial charge is 0.354 e. The summed E-state index contributed by atoms with van der Waals surface area (Å²) in [7, 11) is 0. The van der Waals surface area contributed by atoms with Gasteiger partial charge in [-0.3, -0.25) is 9.78 Å². The summed E-state index contributed by atoms with van der Waals surface area (Å²) in [4.78, 5) is 41.5. The van der Waals surface area contributed by atoms with Crippen LogP contribution in [0.3, 0.4) is 0 Å². The second kappa shape index (κ2) is 8.34. The predicted octanol–water partition coefficient (Wildman–Crippen LogP) is 4.19. The third kappa shape index (κ3) is 4.00. The lowest BCUT2D eigenvalue weighted by Crippen LogP contribution is -2.28. The lowest BCUT2D eigenvalue weighted by molar-refractivity contribution is -0.129. The Balaban J connectivity index is 1.59. The van der Waals surface area contributed by atoms with Crippen molar-refractivity contribution in [1.82, 2.24) is 24.8 Å². The van der Waals surface area contributed by atoms with E-state index in [9.17, 15) is 9.59 Å². The van der Waals surface area contributed by atoms with E-state index in [0.717, 1.165) is 29.6 Å². The highest BCUT2D eigenvalue weighted by Crippen LogP contribution is 2.40. The maximum atomic E-state index is 12.2. The number of likely N-dealkylation sites (tertiary alicyclic amines) is 1. The third-order valence-electron chi connectivity index (χ3n) is 5.72. The number of nitrogens with one attached hydrogen (secondary N) is 1. The Morgan fingerprint density at radius 3 is 2.76 bits per heavy atom. The summed E-state index contributed by atoms with van der Waals surface area (Å²) in [5, 5.41) is 9.09. The van der Waals surface area contributed by atoms with Crippen LogP contribution in [-0.4, -0.2) is 48.4 Å². The number of carboxylic acid groups (broad SMARTS) is 1. The number of imidazole rings is 1. The van der Waals surface area contributed by atoms with Gasteiger partial charge < -0.3 is 19.7 Å². The molecule has 1 saturated heterocycles. The van der Waals surface area contributed by atoms with Crippen LogP contribution in [0.4, 0.5) is 0 Å². The van der Waals surface area contributed by atoms with Gasteiger partial charge in [-0.25, -0.2) is 14.8 Å². The van der Waals surface area contributed by atoms with E-state index in [1.54, 1.807) is 19.2 Å². The molecule has 0 radical (unpaired) electrons. The van der Waals surface area contributed by atoms with Crippen LogP contribution >= 0.6 is 0 Å². The standard InChI is InChI=1S/C24H21N5O4/c1-14(30)29-10-4-6-21(29)16-11-19-20(28-23(27-19)17-5-2-3-9-25-17)12-22(16)33-15-7-8-18(24(31)32)26-13-15/h2-3,5,7-9,11-13,21H,4,6,10H2,1H3,(H,27,28)(H,31,32). The topological polar surface area (TPSA) is 121 Å². The number of hydrogen-bond donors (Lipinski definition) is 2. The van der Waals surface area contributed by atoms with Crippen molar-refractivity contribution in [1.29, 1.82) is 0 Å². The van der Waals surface area contributed by atoms with E-state index in [2.05, 4.69) is 19.9 Å². The van der Waals surface area contributed by atoms with Crippen molar-refractivity contribution in [2.75, 3.05) is 6.54 Å². The molecule has 166 valence electrons. The first kappa shape index (κ1) is 20.6. The summed E-state index contributed by atoms with van der Waals surface area (Å²) in [5.41, 5.74) is 3.01. The molecular formula is C24H21N5O4. The average Bonchev–Trinajstić information content (AvgIpc) is 3.46. The Bertz CT molecular complexity index is 1330. The molecule has 1 fully saturated rings. The second-order valence-corrected chi connectivity index (χ2v) is 7.86. The van der Waals surface area contributed by atoms with Gasteiger partial charge in [0.1, 0.15) is 22.9 Å². The molecule has 9 nitrogen and oxygen atoms in total. The number of aromatic amines is 1. The molecule has 0 aliphatic carbocycles. The lowest BCUT2D eigenvalue weighted by Gasteiger charge is -2.25. The number of pyridine rings is 2. The number of carbonyl (C=O) groups excluding carboxylic acids is 1. The summed E-state index contributed by atoms with van der Waals surface area (Å²) in [6, 6.07) is 12.2. The van der Waals surface area contributed by atoms with Gasteiger partial charge in [0.2, 0.25) is 5.91 Å². The van der Waals surface area contributed by atoms with Crippen LogP contribution in [0.1, 0.15) is 41.9 Å². The van der Waals surface area contributed by atoms with Crippen molar-refractivity contribution in [2.24, 2.45) is 0 Å². The molecule has 1 amide bonds. The van der Waals surface area contributed by atoms with Crippen LogP contribution in [0.25, 0.3) is 22.6 Å². The highest BCUT2D eigenvalue weighted by molar-refractivity contribution is 5.85. The van der Waals surface area contributed by atoms with Crippen LogP contribution in [-0.2, 0) is 4.79 Å². The molecule has 0 spiro atoms. The number of carboxylic acids is 1. The van der Waals surface area contributed by atoms with E-state index in [1.165, 1.54) is 12.3 Å². The molecular weight excluding hydrogens is 422 g/mol. The third-order valence-corrected chi connectivity index (χ3v) is 5.72. The zero-order valence-corrected chi connectivity index (χ0v) is 17.9. The molecule has 5 rings (SSSR count). The summed E-state index contributed by atoms with van der Waals surface area (Å²) < 4.78 is 6.14. The molecule has 33 heavy (non-hydrogen) atoms.